The van der Waals surface area contributed by atoms with Gasteiger partial charge in [0.05, 0.1) is 19.8 Å². The van der Waals surface area contributed by atoms with Gasteiger partial charge in [-0.3, -0.25) is 4.79 Å². The number of Topliss-reactive ketones (excluding diaryl/α,β-unsaturated/α-hetero) is 1. The first-order valence-electron chi connectivity index (χ1n) is 11.6. The van der Waals surface area contributed by atoms with Crippen molar-refractivity contribution in [3.8, 4) is 5.75 Å². The highest BCUT2D eigenvalue weighted by Crippen LogP contribution is 2.41. The molecule has 180 valence electrons. The molecule has 2 aliphatic rings. The number of fused-ring (bicyclic) bond motifs is 1. The highest BCUT2D eigenvalue weighted by molar-refractivity contribution is 6.74. The molecule has 7 heteroatoms. The molecule has 0 amide bonds. The molecule has 3 rings (SSSR count). The maximum atomic E-state index is 13.3. The van der Waals surface area contributed by atoms with E-state index in [9.17, 15) is 4.79 Å². The summed E-state index contributed by atoms with van der Waals surface area (Å²) in [6.45, 7) is 15.1. The van der Waals surface area contributed by atoms with Crippen molar-refractivity contribution in [3.63, 3.8) is 0 Å². The molecule has 0 radical (unpaired) electrons. The molecule has 32 heavy (non-hydrogen) atoms. The molecule has 1 aromatic carbocycles. The van der Waals surface area contributed by atoms with E-state index in [1.54, 1.807) is 7.11 Å². The standard InChI is InChI=1S/C25H40O6Si/c1-24(2,3)32(7,8)31-21-19(26)10-9-11-20-22(30-25(4,5)29-20)23(21)28-16-17-12-14-18(27-6)15-13-17/h12-15,20-23H,9-11,16H2,1-8H3/t20-,21+,22-,23+/m1/s1. The van der Waals surface area contributed by atoms with Crippen LogP contribution >= 0.6 is 0 Å². The summed E-state index contributed by atoms with van der Waals surface area (Å²) >= 11 is 0. The Balaban J connectivity index is 1.90. The number of carbonyl (C=O) groups is 1. The lowest BCUT2D eigenvalue weighted by molar-refractivity contribution is -0.174. The number of methoxy groups -OCH3 is 1. The van der Waals surface area contributed by atoms with Gasteiger partial charge in [-0.1, -0.05) is 32.9 Å². The summed E-state index contributed by atoms with van der Waals surface area (Å²) < 4.78 is 31.0. The van der Waals surface area contributed by atoms with Crippen LogP contribution in [0, 0.1) is 0 Å². The SMILES string of the molecule is COc1ccc(CO[C@@H]2[C@@H]3OC(C)(C)O[C@@H]3CCCC(=O)[C@@H]2O[Si](C)(C)C(C)(C)C)cc1. The molecule has 0 spiro atoms. The lowest BCUT2D eigenvalue weighted by Crippen LogP contribution is -2.56. The van der Waals surface area contributed by atoms with Crippen molar-refractivity contribution in [2.24, 2.45) is 0 Å². The van der Waals surface area contributed by atoms with Crippen molar-refractivity contribution in [2.45, 2.75) is 109 Å². The average Bonchev–Trinajstić information content (AvgIpc) is 2.99. The molecule has 2 fully saturated rings. The zero-order valence-corrected chi connectivity index (χ0v) is 21.9. The maximum Gasteiger partial charge on any atom is 0.193 e. The lowest BCUT2D eigenvalue weighted by Gasteiger charge is -2.42. The predicted octanol–water partition coefficient (Wildman–Crippen LogP) is 5.24. The monoisotopic (exact) mass is 464 g/mol. The van der Waals surface area contributed by atoms with E-state index in [2.05, 4.69) is 33.9 Å². The molecule has 6 nitrogen and oxygen atoms in total. The van der Waals surface area contributed by atoms with E-state index in [4.69, 9.17) is 23.4 Å². The van der Waals surface area contributed by atoms with Gasteiger partial charge in [-0.05, 0) is 62.5 Å². The van der Waals surface area contributed by atoms with Crippen LogP contribution in [0.1, 0.15) is 59.4 Å². The van der Waals surface area contributed by atoms with Gasteiger partial charge in [0.1, 0.15) is 24.1 Å². The van der Waals surface area contributed by atoms with Crippen LogP contribution in [0.2, 0.25) is 18.1 Å². The van der Waals surface area contributed by atoms with Crippen molar-refractivity contribution >= 4 is 14.1 Å². The number of hydrogen-bond acceptors (Lipinski definition) is 6. The van der Waals surface area contributed by atoms with E-state index >= 15 is 0 Å². The Morgan fingerprint density at radius 3 is 2.38 bits per heavy atom. The second kappa shape index (κ2) is 9.55. The van der Waals surface area contributed by atoms with Crippen molar-refractivity contribution in [2.75, 3.05) is 7.11 Å². The Bertz CT molecular complexity index is 783. The fraction of sp³-hybridized carbons (Fsp3) is 0.720. The van der Waals surface area contributed by atoms with Crippen molar-refractivity contribution < 1.29 is 28.2 Å². The molecule has 0 N–H and O–H groups in total. The molecule has 1 saturated carbocycles. The second-order valence-corrected chi connectivity index (χ2v) is 15.7. The van der Waals surface area contributed by atoms with E-state index in [1.807, 2.05) is 38.1 Å². The summed E-state index contributed by atoms with van der Waals surface area (Å²) in [5, 5.41) is -0.0259. The summed E-state index contributed by atoms with van der Waals surface area (Å²) in [4.78, 5) is 13.3. The fourth-order valence-corrected chi connectivity index (χ4v) is 5.32. The van der Waals surface area contributed by atoms with Gasteiger partial charge in [0.25, 0.3) is 0 Å². The predicted molar refractivity (Wildman–Crippen MR) is 126 cm³/mol. The van der Waals surface area contributed by atoms with Crippen LogP contribution in [0.3, 0.4) is 0 Å². The van der Waals surface area contributed by atoms with Gasteiger partial charge in [0, 0.05) is 6.42 Å². The number of hydrogen-bond donors (Lipinski definition) is 0. The van der Waals surface area contributed by atoms with Gasteiger partial charge in [-0.15, -0.1) is 0 Å². The first kappa shape index (κ1) is 25.4. The third-order valence-electron chi connectivity index (χ3n) is 6.90. The molecule has 4 atom stereocenters. The summed E-state index contributed by atoms with van der Waals surface area (Å²) in [7, 11) is -0.582. The van der Waals surface area contributed by atoms with Gasteiger partial charge in [-0.25, -0.2) is 0 Å². The Kier molecular flexibility index (Phi) is 7.57. The Morgan fingerprint density at radius 2 is 1.78 bits per heavy atom. The molecular weight excluding hydrogens is 424 g/mol. The first-order chi connectivity index (χ1) is 14.8. The highest BCUT2D eigenvalue weighted by Gasteiger charge is 2.52. The van der Waals surface area contributed by atoms with E-state index in [1.165, 1.54) is 0 Å². The van der Waals surface area contributed by atoms with Crippen LogP contribution < -0.4 is 4.74 Å². The van der Waals surface area contributed by atoms with Crippen LogP contribution in [0.5, 0.6) is 5.75 Å². The van der Waals surface area contributed by atoms with E-state index < -0.39 is 26.3 Å². The van der Waals surface area contributed by atoms with Crippen LogP contribution in [-0.4, -0.2) is 51.4 Å². The topological polar surface area (TPSA) is 63.2 Å². The number of rotatable bonds is 6. The van der Waals surface area contributed by atoms with Crippen molar-refractivity contribution in [1.29, 1.82) is 0 Å². The third kappa shape index (κ3) is 5.80. The molecule has 1 saturated heterocycles. The van der Waals surface area contributed by atoms with E-state index in [0.717, 1.165) is 24.2 Å². The van der Waals surface area contributed by atoms with Crippen LogP contribution in [0.15, 0.2) is 24.3 Å². The average molecular weight is 465 g/mol. The third-order valence-corrected chi connectivity index (χ3v) is 11.4. The van der Waals surface area contributed by atoms with Gasteiger partial charge in [-0.2, -0.15) is 0 Å². The minimum atomic E-state index is -2.23. The Hall–Kier alpha value is -1.25. The number of benzene rings is 1. The molecule has 0 aromatic heterocycles. The summed E-state index contributed by atoms with van der Waals surface area (Å²) in [6.07, 6.45) is 0.322. The molecule has 0 bridgehead atoms. The second-order valence-electron chi connectivity index (χ2n) is 10.9. The summed E-state index contributed by atoms with van der Waals surface area (Å²) in [6, 6.07) is 7.76. The molecule has 1 aliphatic carbocycles. The number of ether oxygens (including phenoxy) is 4. The minimum Gasteiger partial charge on any atom is -0.497 e. The van der Waals surface area contributed by atoms with Crippen LogP contribution in [-0.2, 0) is 30.0 Å². The molecule has 1 heterocycles. The molecular formula is C25H40O6Si. The van der Waals surface area contributed by atoms with E-state index in [-0.39, 0.29) is 23.0 Å². The number of carbonyl (C=O) groups excluding carboxylic acids is 1. The van der Waals surface area contributed by atoms with Crippen LogP contribution in [0.25, 0.3) is 0 Å². The zero-order chi connectivity index (χ0) is 23.7. The fourth-order valence-electron chi connectivity index (χ4n) is 4.06. The van der Waals surface area contributed by atoms with E-state index in [0.29, 0.717) is 13.0 Å². The highest BCUT2D eigenvalue weighted by atomic mass is 28.4. The first-order valence-corrected chi connectivity index (χ1v) is 14.5. The van der Waals surface area contributed by atoms with Crippen LogP contribution in [0.4, 0.5) is 0 Å². The Morgan fingerprint density at radius 1 is 1.12 bits per heavy atom. The molecule has 1 aromatic rings. The normalized spacial score (nSPS) is 28.7. The minimum absolute atomic E-state index is 0.0259. The quantitative estimate of drug-likeness (QED) is 0.536. The smallest absolute Gasteiger partial charge is 0.193 e. The van der Waals surface area contributed by atoms with Gasteiger partial charge in [0.2, 0.25) is 0 Å². The molecule has 0 unspecified atom stereocenters. The van der Waals surface area contributed by atoms with Crippen molar-refractivity contribution in [1.82, 2.24) is 0 Å². The van der Waals surface area contributed by atoms with Gasteiger partial charge >= 0.3 is 0 Å². The van der Waals surface area contributed by atoms with Gasteiger partial charge < -0.3 is 23.4 Å². The zero-order valence-electron chi connectivity index (χ0n) is 20.9. The van der Waals surface area contributed by atoms with Gasteiger partial charge in [0.15, 0.2) is 19.9 Å². The molecule has 1 aliphatic heterocycles. The number of ketones is 1. The lowest BCUT2D eigenvalue weighted by atomic mass is 9.91. The summed E-state index contributed by atoms with van der Waals surface area (Å²) in [5.41, 5.74) is 1.00. The van der Waals surface area contributed by atoms with Crippen molar-refractivity contribution in [3.05, 3.63) is 29.8 Å². The largest absolute Gasteiger partial charge is 0.497 e. The maximum absolute atomic E-state index is 13.3. The Labute approximate surface area is 194 Å². The summed E-state index contributed by atoms with van der Waals surface area (Å²) in [5.74, 6) is 0.177.